The maximum Gasteiger partial charge on any atom is 0.271 e. The van der Waals surface area contributed by atoms with E-state index in [1.54, 1.807) is 16.9 Å². The summed E-state index contributed by atoms with van der Waals surface area (Å²) in [5.41, 5.74) is 4.10. The lowest BCUT2D eigenvalue weighted by atomic mass is 10.1. The average molecular weight is 393 g/mol. The summed E-state index contributed by atoms with van der Waals surface area (Å²) in [6.07, 6.45) is 5.11. The molecule has 5 rings (SSSR count). The number of likely N-dealkylation sites (tertiary alicyclic amines) is 1. The summed E-state index contributed by atoms with van der Waals surface area (Å²) in [7, 11) is 1.99. The number of carbonyl (C=O) groups is 1. The minimum Gasteiger partial charge on any atom is -0.345 e. The topological polar surface area (TPSA) is 79.8 Å². The van der Waals surface area contributed by atoms with E-state index < -0.39 is 5.82 Å². The van der Waals surface area contributed by atoms with Crippen molar-refractivity contribution in [2.24, 2.45) is 0 Å². The second kappa shape index (κ2) is 6.35. The van der Waals surface area contributed by atoms with Gasteiger partial charge in [0.2, 0.25) is 0 Å². The Hall–Kier alpha value is -3.33. The van der Waals surface area contributed by atoms with Gasteiger partial charge in [-0.15, -0.1) is 0 Å². The lowest BCUT2D eigenvalue weighted by molar-refractivity contribution is 0.0853. The van der Waals surface area contributed by atoms with E-state index in [0.29, 0.717) is 11.3 Å². The molecule has 0 aliphatic carbocycles. The first-order valence-corrected chi connectivity index (χ1v) is 9.39. The number of rotatable bonds is 3. The minimum absolute atomic E-state index is 0.107. The number of amides is 1. The van der Waals surface area contributed by atoms with Crippen molar-refractivity contribution in [1.29, 1.82) is 0 Å². The average Bonchev–Trinajstić information content (AvgIpc) is 3.23. The highest BCUT2D eigenvalue weighted by Crippen LogP contribution is 2.23. The van der Waals surface area contributed by atoms with Gasteiger partial charge in [0.25, 0.3) is 5.91 Å². The third kappa shape index (κ3) is 3.03. The Balaban J connectivity index is 1.52. The highest BCUT2D eigenvalue weighted by molar-refractivity contribution is 5.93. The van der Waals surface area contributed by atoms with Crippen molar-refractivity contribution in [2.45, 2.75) is 19.9 Å². The first-order valence-electron chi connectivity index (χ1n) is 9.39. The maximum absolute atomic E-state index is 14.8. The van der Waals surface area contributed by atoms with E-state index in [9.17, 15) is 9.18 Å². The van der Waals surface area contributed by atoms with Crippen LogP contribution in [-0.2, 0) is 0 Å². The Kier molecular flexibility index (Phi) is 3.88. The van der Waals surface area contributed by atoms with Crippen LogP contribution < -0.4 is 5.32 Å². The quantitative estimate of drug-likeness (QED) is 0.575. The van der Waals surface area contributed by atoms with Gasteiger partial charge in [-0.3, -0.25) is 4.79 Å². The standard InChI is InChI=1S/C20H20FN7O/c1-11-4-16(25-28-6-12(2)22-18(11)28)13-5-15(21)19-24-17(10-27(19)7-13)20(29)23-14-8-26(3)9-14/h4-7,10,14H,8-9H2,1-3H3,(H,23,29). The summed E-state index contributed by atoms with van der Waals surface area (Å²) in [6, 6.07) is 3.37. The Morgan fingerprint density at radius 2 is 1.93 bits per heavy atom. The number of pyridine rings is 1. The molecule has 0 bridgehead atoms. The van der Waals surface area contributed by atoms with Gasteiger partial charge in [-0.2, -0.15) is 5.10 Å². The predicted octanol–water partition coefficient (Wildman–Crippen LogP) is 1.84. The third-order valence-electron chi connectivity index (χ3n) is 5.16. The van der Waals surface area contributed by atoms with Gasteiger partial charge in [-0.05, 0) is 38.6 Å². The first-order chi connectivity index (χ1) is 13.9. The van der Waals surface area contributed by atoms with Gasteiger partial charge in [0, 0.05) is 31.0 Å². The SMILES string of the molecule is Cc1cn2nc(-c3cc(F)c4nc(C(=O)NC5CN(C)C5)cn4c3)cc(C)c2n1. The fourth-order valence-corrected chi connectivity index (χ4v) is 3.74. The Bertz CT molecular complexity index is 1270. The molecule has 1 N–H and O–H groups in total. The summed E-state index contributed by atoms with van der Waals surface area (Å²) in [4.78, 5) is 23.2. The third-order valence-corrected chi connectivity index (χ3v) is 5.16. The molecule has 0 radical (unpaired) electrons. The zero-order valence-corrected chi connectivity index (χ0v) is 16.3. The van der Waals surface area contributed by atoms with Gasteiger partial charge >= 0.3 is 0 Å². The molecule has 0 unspecified atom stereocenters. The molecular weight excluding hydrogens is 373 g/mol. The predicted molar refractivity (Wildman–Crippen MR) is 105 cm³/mol. The summed E-state index contributed by atoms with van der Waals surface area (Å²) in [6.45, 7) is 5.45. The van der Waals surface area contributed by atoms with Crippen LogP contribution in [0.2, 0.25) is 0 Å². The van der Waals surface area contributed by atoms with Crippen molar-refractivity contribution in [3.63, 3.8) is 0 Å². The molecule has 5 heterocycles. The molecule has 8 nitrogen and oxygen atoms in total. The Morgan fingerprint density at radius 1 is 1.14 bits per heavy atom. The zero-order valence-electron chi connectivity index (χ0n) is 16.3. The number of hydrogen-bond donors (Lipinski definition) is 1. The number of nitrogens with one attached hydrogen (secondary N) is 1. The molecule has 1 saturated heterocycles. The van der Waals surface area contributed by atoms with Crippen molar-refractivity contribution < 1.29 is 9.18 Å². The summed E-state index contributed by atoms with van der Waals surface area (Å²) in [5, 5.41) is 7.47. The lowest BCUT2D eigenvalue weighted by Gasteiger charge is -2.36. The maximum atomic E-state index is 14.8. The first kappa shape index (κ1) is 17.7. The van der Waals surface area contributed by atoms with Crippen LogP contribution in [0.15, 0.2) is 30.7 Å². The fraction of sp³-hybridized carbons (Fsp3) is 0.300. The fourth-order valence-electron chi connectivity index (χ4n) is 3.74. The number of fused-ring (bicyclic) bond motifs is 2. The zero-order chi connectivity index (χ0) is 20.3. The molecular formula is C20H20FN7O. The van der Waals surface area contributed by atoms with E-state index in [4.69, 9.17) is 0 Å². The monoisotopic (exact) mass is 393 g/mol. The number of nitrogens with zero attached hydrogens (tertiary/aromatic N) is 6. The van der Waals surface area contributed by atoms with Gasteiger partial charge in [-0.25, -0.2) is 18.9 Å². The van der Waals surface area contributed by atoms with E-state index in [-0.39, 0.29) is 23.3 Å². The van der Waals surface area contributed by atoms with Crippen molar-refractivity contribution in [3.8, 4) is 11.3 Å². The van der Waals surface area contributed by atoms with E-state index >= 15 is 0 Å². The highest BCUT2D eigenvalue weighted by Gasteiger charge is 2.26. The van der Waals surface area contributed by atoms with Crippen LogP contribution >= 0.6 is 0 Å². The van der Waals surface area contributed by atoms with E-state index in [1.165, 1.54) is 10.5 Å². The largest absolute Gasteiger partial charge is 0.345 e. The number of halogens is 1. The molecule has 4 aromatic rings. The molecule has 1 amide bonds. The molecule has 0 spiro atoms. The van der Waals surface area contributed by atoms with Gasteiger partial charge in [0.1, 0.15) is 5.69 Å². The van der Waals surface area contributed by atoms with Gasteiger partial charge < -0.3 is 14.6 Å². The molecule has 1 fully saturated rings. The molecule has 1 aliphatic heterocycles. The molecule has 148 valence electrons. The van der Waals surface area contributed by atoms with Crippen LogP contribution in [0.25, 0.3) is 22.6 Å². The smallest absolute Gasteiger partial charge is 0.271 e. The molecule has 29 heavy (non-hydrogen) atoms. The van der Waals surface area contributed by atoms with Crippen LogP contribution in [-0.4, -0.2) is 61.0 Å². The van der Waals surface area contributed by atoms with E-state index in [0.717, 1.165) is 30.0 Å². The second-order valence-corrected chi connectivity index (χ2v) is 7.69. The number of imidazole rings is 2. The molecule has 4 aromatic heterocycles. The number of aryl methyl sites for hydroxylation is 2. The van der Waals surface area contributed by atoms with Crippen molar-refractivity contribution in [3.05, 3.63) is 53.5 Å². The minimum atomic E-state index is -0.508. The molecule has 1 aliphatic rings. The van der Waals surface area contributed by atoms with Crippen molar-refractivity contribution >= 4 is 17.2 Å². The normalized spacial score (nSPS) is 15.2. The molecule has 0 saturated carbocycles. The molecule has 0 atom stereocenters. The van der Waals surface area contributed by atoms with Crippen LogP contribution in [0.4, 0.5) is 4.39 Å². The highest BCUT2D eigenvalue weighted by atomic mass is 19.1. The number of carbonyl (C=O) groups excluding carboxylic acids is 1. The van der Waals surface area contributed by atoms with Gasteiger partial charge in [0.15, 0.2) is 17.1 Å². The summed E-state index contributed by atoms with van der Waals surface area (Å²) >= 11 is 0. The Morgan fingerprint density at radius 3 is 2.69 bits per heavy atom. The Labute approximate surface area is 166 Å². The van der Waals surface area contributed by atoms with Crippen LogP contribution in [0.3, 0.4) is 0 Å². The van der Waals surface area contributed by atoms with Gasteiger partial charge in [-0.1, -0.05) is 0 Å². The number of hydrogen-bond acceptors (Lipinski definition) is 5. The molecule has 9 heteroatoms. The van der Waals surface area contributed by atoms with Crippen molar-refractivity contribution in [1.82, 2.24) is 34.2 Å². The van der Waals surface area contributed by atoms with Crippen LogP contribution in [0.5, 0.6) is 0 Å². The summed E-state index contributed by atoms with van der Waals surface area (Å²) in [5.74, 6) is -0.802. The number of likely N-dealkylation sites (N-methyl/N-ethyl adjacent to an activating group) is 1. The van der Waals surface area contributed by atoms with E-state index in [1.807, 2.05) is 33.2 Å². The van der Waals surface area contributed by atoms with Crippen LogP contribution in [0, 0.1) is 19.7 Å². The van der Waals surface area contributed by atoms with E-state index in [2.05, 4.69) is 25.3 Å². The number of aromatic nitrogens is 5. The summed E-state index contributed by atoms with van der Waals surface area (Å²) < 4.78 is 18.0. The molecule has 0 aromatic carbocycles. The van der Waals surface area contributed by atoms with Gasteiger partial charge in [0.05, 0.1) is 23.6 Å². The second-order valence-electron chi connectivity index (χ2n) is 7.69. The lowest BCUT2D eigenvalue weighted by Crippen LogP contribution is -2.57. The van der Waals surface area contributed by atoms with Crippen LogP contribution in [0.1, 0.15) is 21.7 Å². The van der Waals surface area contributed by atoms with Crippen molar-refractivity contribution in [2.75, 3.05) is 20.1 Å².